The number of carboxylic acids is 1. The van der Waals surface area contributed by atoms with Crippen LogP contribution in [0.1, 0.15) is 38.5 Å². The molecule has 2 rings (SSSR count). The molecule has 0 spiro atoms. The van der Waals surface area contributed by atoms with Crippen LogP contribution in [0.15, 0.2) is 0 Å². The summed E-state index contributed by atoms with van der Waals surface area (Å²) in [5, 5.41) is 15.2. The second-order valence-electron chi connectivity index (χ2n) is 5.52. The van der Waals surface area contributed by atoms with E-state index in [1.807, 2.05) is 0 Å². The molecule has 0 bridgehead atoms. The third-order valence-electron chi connectivity index (χ3n) is 4.10. The van der Waals surface area contributed by atoms with Crippen molar-refractivity contribution in [3.05, 3.63) is 0 Å². The van der Waals surface area contributed by atoms with Gasteiger partial charge >= 0.3 is 5.97 Å². The van der Waals surface area contributed by atoms with Gasteiger partial charge in [-0.25, -0.2) is 0 Å². The van der Waals surface area contributed by atoms with Gasteiger partial charge in [0.15, 0.2) is 0 Å². The maximum Gasteiger partial charge on any atom is 0.306 e. The number of rotatable bonds is 5. The molecule has 2 fully saturated rings. The Morgan fingerprint density at radius 2 is 1.94 bits per heavy atom. The normalized spacial score (nSPS) is 32.2. The van der Waals surface area contributed by atoms with Crippen molar-refractivity contribution in [2.75, 3.05) is 13.1 Å². The molecule has 1 heterocycles. The van der Waals surface area contributed by atoms with Crippen LogP contribution in [0.2, 0.25) is 0 Å². The number of hydrogen-bond acceptors (Lipinski definition) is 3. The van der Waals surface area contributed by atoms with E-state index in [0.717, 1.165) is 45.2 Å². The van der Waals surface area contributed by atoms with Gasteiger partial charge in [-0.05, 0) is 44.6 Å². The average molecular weight is 254 g/mol. The summed E-state index contributed by atoms with van der Waals surface area (Å²) in [6, 6.07) is 0.285. The SMILES string of the molecule is O=C1CCC(CNCC2CCC(C(=O)O)CC2)N1. The second kappa shape index (κ2) is 6.18. The number of aliphatic carboxylic acids is 1. The zero-order chi connectivity index (χ0) is 13.0. The highest BCUT2D eigenvalue weighted by atomic mass is 16.4. The highest BCUT2D eigenvalue weighted by molar-refractivity contribution is 5.78. The summed E-state index contributed by atoms with van der Waals surface area (Å²) in [5.74, 6) is -0.0214. The lowest BCUT2D eigenvalue weighted by molar-refractivity contribution is -0.143. The van der Waals surface area contributed by atoms with E-state index in [4.69, 9.17) is 5.11 Å². The van der Waals surface area contributed by atoms with Crippen LogP contribution in [-0.4, -0.2) is 36.1 Å². The van der Waals surface area contributed by atoms with Gasteiger partial charge in [0, 0.05) is 19.0 Å². The molecule has 0 aromatic carbocycles. The second-order valence-corrected chi connectivity index (χ2v) is 5.52. The molecule has 0 radical (unpaired) electrons. The van der Waals surface area contributed by atoms with Crippen LogP contribution < -0.4 is 10.6 Å². The Hall–Kier alpha value is -1.10. The molecule has 2 aliphatic rings. The van der Waals surface area contributed by atoms with Crippen molar-refractivity contribution in [3.63, 3.8) is 0 Å². The van der Waals surface area contributed by atoms with Gasteiger partial charge in [-0.1, -0.05) is 0 Å². The largest absolute Gasteiger partial charge is 0.481 e. The van der Waals surface area contributed by atoms with Crippen molar-refractivity contribution in [3.8, 4) is 0 Å². The van der Waals surface area contributed by atoms with Gasteiger partial charge in [-0.3, -0.25) is 9.59 Å². The Bertz CT molecular complexity index is 311. The zero-order valence-corrected chi connectivity index (χ0v) is 10.7. The van der Waals surface area contributed by atoms with Gasteiger partial charge in [0.25, 0.3) is 0 Å². The highest BCUT2D eigenvalue weighted by Crippen LogP contribution is 2.28. The molecular weight excluding hydrogens is 232 g/mol. The molecule has 102 valence electrons. The van der Waals surface area contributed by atoms with E-state index in [1.54, 1.807) is 0 Å². The molecule has 0 aromatic heterocycles. The Kier molecular flexibility index (Phi) is 4.58. The summed E-state index contributed by atoms with van der Waals surface area (Å²) in [6.45, 7) is 1.78. The third kappa shape index (κ3) is 3.70. The van der Waals surface area contributed by atoms with Crippen LogP contribution >= 0.6 is 0 Å². The predicted molar refractivity (Wildman–Crippen MR) is 67.1 cm³/mol. The van der Waals surface area contributed by atoms with E-state index in [0.29, 0.717) is 12.3 Å². The molecule has 1 saturated carbocycles. The number of carboxylic acid groups (broad SMARTS) is 1. The first-order valence-electron chi connectivity index (χ1n) is 6.88. The lowest BCUT2D eigenvalue weighted by Crippen LogP contribution is -2.38. The van der Waals surface area contributed by atoms with Crippen LogP contribution in [0.25, 0.3) is 0 Å². The van der Waals surface area contributed by atoms with Crippen LogP contribution in [0.3, 0.4) is 0 Å². The molecule has 1 amide bonds. The first kappa shape index (κ1) is 13.3. The molecule has 5 heteroatoms. The quantitative estimate of drug-likeness (QED) is 0.676. The highest BCUT2D eigenvalue weighted by Gasteiger charge is 2.26. The van der Waals surface area contributed by atoms with Gasteiger partial charge in [0.05, 0.1) is 5.92 Å². The number of amides is 1. The summed E-state index contributed by atoms with van der Waals surface area (Å²) in [7, 11) is 0. The zero-order valence-electron chi connectivity index (χ0n) is 10.7. The predicted octanol–water partition coefficient (Wildman–Crippen LogP) is 0.746. The monoisotopic (exact) mass is 254 g/mol. The van der Waals surface area contributed by atoms with E-state index >= 15 is 0 Å². The van der Waals surface area contributed by atoms with Crippen molar-refractivity contribution >= 4 is 11.9 Å². The van der Waals surface area contributed by atoms with Gasteiger partial charge in [0.1, 0.15) is 0 Å². The molecule has 1 atom stereocenters. The van der Waals surface area contributed by atoms with Crippen molar-refractivity contribution in [2.45, 2.75) is 44.6 Å². The average Bonchev–Trinajstić information content (AvgIpc) is 2.76. The minimum absolute atomic E-state index is 0.129. The molecule has 5 nitrogen and oxygen atoms in total. The number of nitrogens with one attached hydrogen (secondary N) is 2. The van der Waals surface area contributed by atoms with Crippen molar-refractivity contribution < 1.29 is 14.7 Å². The van der Waals surface area contributed by atoms with E-state index in [9.17, 15) is 9.59 Å². The van der Waals surface area contributed by atoms with E-state index < -0.39 is 5.97 Å². The molecule has 3 N–H and O–H groups in total. The number of hydrogen-bond donors (Lipinski definition) is 3. The topological polar surface area (TPSA) is 78.4 Å². The van der Waals surface area contributed by atoms with Gasteiger partial charge in [-0.15, -0.1) is 0 Å². The van der Waals surface area contributed by atoms with Crippen LogP contribution in [0, 0.1) is 11.8 Å². The molecule has 1 unspecified atom stereocenters. The maximum absolute atomic E-state index is 11.0. The lowest BCUT2D eigenvalue weighted by Gasteiger charge is -2.26. The van der Waals surface area contributed by atoms with Crippen LogP contribution in [-0.2, 0) is 9.59 Å². The number of carbonyl (C=O) groups excluding carboxylic acids is 1. The third-order valence-corrected chi connectivity index (χ3v) is 4.10. The molecule has 1 aliphatic heterocycles. The Balaban J connectivity index is 1.58. The first-order valence-corrected chi connectivity index (χ1v) is 6.88. The Morgan fingerprint density at radius 1 is 1.22 bits per heavy atom. The Morgan fingerprint density at radius 3 is 2.50 bits per heavy atom. The van der Waals surface area contributed by atoms with Crippen molar-refractivity contribution in [1.82, 2.24) is 10.6 Å². The minimum atomic E-state index is -0.643. The molecular formula is C13H22N2O3. The fourth-order valence-electron chi connectivity index (χ4n) is 2.91. The smallest absolute Gasteiger partial charge is 0.306 e. The summed E-state index contributed by atoms with van der Waals surface area (Å²) in [5.41, 5.74) is 0. The minimum Gasteiger partial charge on any atom is -0.481 e. The molecule has 18 heavy (non-hydrogen) atoms. The van der Waals surface area contributed by atoms with Crippen molar-refractivity contribution in [2.24, 2.45) is 11.8 Å². The fraction of sp³-hybridized carbons (Fsp3) is 0.846. The lowest BCUT2D eigenvalue weighted by atomic mass is 9.82. The number of carbonyl (C=O) groups is 2. The molecule has 1 aliphatic carbocycles. The Labute approximate surface area is 107 Å². The maximum atomic E-state index is 11.0. The summed E-state index contributed by atoms with van der Waals surface area (Å²) >= 11 is 0. The van der Waals surface area contributed by atoms with E-state index in [-0.39, 0.29) is 17.9 Å². The molecule has 1 saturated heterocycles. The van der Waals surface area contributed by atoms with E-state index in [2.05, 4.69) is 10.6 Å². The van der Waals surface area contributed by atoms with Crippen LogP contribution in [0.5, 0.6) is 0 Å². The van der Waals surface area contributed by atoms with Gasteiger partial charge in [0.2, 0.25) is 5.91 Å². The summed E-state index contributed by atoms with van der Waals surface area (Å²) < 4.78 is 0. The molecule has 0 aromatic rings. The van der Waals surface area contributed by atoms with E-state index in [1.165, 1.54) is 0 Å². The van der Waals surface area contributed by atoms with Crippen molar-refractivity contribution in [1.29, 1.82) is 0 Å². The fourth-order valence-corrected chi connectivity index (χ4v) is 2.91. The van der Waals surface area contributed by atoms with Gasteiger partial charge < -0.3 is 15.7 Å². The summed E-state index contributed by atoms with van der Waals surface area (Å²) in [4.78, 5) is 21.8. The van der Waals surface area contributed by atoms with Crippen LogP contribution in [0.4, 0.5) is 0 Å². The first-order chi connectivity index (χ1) is 8.65. The standard InChI is InChI=1S/C13H22N2O3/c16-12-6-5-11(15-12)8-14-7-9-1-3-10(4-2-9)13(17)18/h9-11,14H,1-8H2,(H,15,16)(H,17,18). The summed E-state index contributed by atoms with van der Waals surface area (Å²) in [6.07, 6.45) is 5.19. The van der Waals surface area contributed by atoms with Gasteiger partial charge in [-0.2, -0.15) is 0 Å².